The smallest absolute Gasteiger partial charge is 0.284 e. The quantitative estimate of drug-likeness (QED) is 0.865. The lowest BCUT2D eigenvalue weighted by molar-refractivity contribution is 0.0713. The lowest BCUT2D eigenvalue weighted by Crippen LogP contribution is -2.42. The van der Waals surface area contributed by atoms with E-state index in [4.69, 9.17) is 10.5 Å². The van der Waals surface area contributed by atoms with E-state index >= 15 is 0 Å². The van der Waals surface area contributed by atoms with E-state index in [2.05, 4.69) is 22.0 Å². The zero-order chi connectivity index (χ0) is 16.2. The highest BCUT2D eigenvalue weighted by Crippen LogP contribution is 2.24. The van der Waals surface area contributed by atoms with Crippen LogP contribution in [-0.2, 0) is 4.74 Å². The lowest BCUT2D eigenvalue weighted by Gasteiger charge is -2.29. The Balaban J connectivity index is 1.62. The molecule has 0 aromatic carbocycles. The maximum atomic E-state index is 12.5. The molecule has 2 aliphatic rings. The molecule has 2 N–H and O–H groups in total. The third kappa shape index (κ3) is 3.99. The number of anilines is 1. The standard InChI is InChI=1S/C15H25N5O2S/c1-2-19(10-12-4-3-9-22-12)15-18-17-13(23-15)14(21)20-7-5-11(16)6-8-20/h11-12H,2-10,16H2,1H3. The van der Waals surface area contributed by atoms with Crippen LogP contribution in [0.15, 0.2) is 0 Å². The summed E-state index contributed by atoms with van der Waals surface area (Å²) in [5.74, 6) is -0.0196. The zero-order valence-corrected chi connectivity index (χ0v) is 14.4. The molecule has 2 aliphatic heterocycles. The van der Waals surface area contributed by atoms with Gasteiger partial charge in [0.05, 0.1) is 6.10 Å². The van der Waals surface area contributed by atoms with Crippen molar-refractivity contribution in [3.8, 4) is 0 Å². The Kier molecular flexibility index (Phi) is 5.45. The van der Waals surface area contributed by atoms with E-state index in [9.17, 15) is 4.79 Å². The number of amides is 1. The van der Waals surface area contributed by atoms with Gasteiger partial charge in [-0.1, -0.05) is 11.3 Å². The summed E-state index contributed by atoms with van der Waals surface area (Å²) in [4.78, 5) is 16.5. The highest BCUT2D eigenvalue weighted by atomic mass is 32.1. The minimum Gasteiger partial charge on any atom is -0.376 e. The fourth-order valence-electron chi connectivity index (χ4n) is 3.04. The van der Waals surface area contributed by atoms with Gasteiger partial charge in [0.15, 0.2) is 0 Å². The fraction of sp³-hybridized carbons (Fsp3) is 0.800. The van der Waals surface area contributed by atoms with E-state index in [1.165, 1.54) is 11.3 Å². The first-order valence-electron chi connectivity index (χ1n) is 8.42. The van der Waals surface area contributed by atoms with Gasteiger partial charge >= 0.3 is 0 Å². The first kappa shape index (κ1) is 16.6. The molecule has 1 aromatic heterocycles. The number of nitrogens with zero attached hydrogens (tertiary/aromatic N) is 4. The van der Waals surface area contributed by atoms with Crippen molar-refractivity contribution in [3.63, 3.8) is 0 Å². The number of carbonyl (C=O) groups excluding carboxylic acids is 1. The number of ether oxygens (including phenoxy) is 1. The van der Waals surface area contributed by atoms with Crippen LogP contribution in [0, 0.1) is 0 Å². The van der Waals surface area contributed by atoms with Crippen molar-refractivity contribution in [1.29, 1.82) is 0 Å². The molecule has 23 heavy (non-hydrogen) atoms. The molecule has 8 heteroatoms. The highest BCUT2D eigenvalue weighted by Gasteiger charge is 2.26. The second-order valence-electron chi connectivity index (χ2n) is 6.19. The molecule has 1 amide bonds. The summed E-state index contributed by atoms with van der Waals surface area (Å²) in [6, 6.07) is 0.214. The van der Waals surface area contributed by atoms with Crippen molar-refractivity contribution < 1.29 is 9.53 Å². The van der Waals surface area contributed by atoms with Gasteiger partial charge in [0.1, 0.15) is 0 Å². The van der Waals surface area contributed by atoms with Crippen LogP contribution in [0.5, 0.6) is 0 Å². The number of carbonyl (C=O) groups is 1. The van der Waals surface area contributed by atoms with Crippen molar-refractivity contribution in [1.82, 2.24) is 15.1 Å². The summed E-state index contributed by atoms with van der Waals surface area (Å²) >= 11 is 1.38. The number of likely N-dealkylation sites (N-methyl/N-ethyl adjacent to an activating group) is 1. The summed E-state index contributed by atoms with van der Waals surface area (Å²) < 4.78 is 5.69. The predicted molar refractivity (Wildman–Crippen MR) is 89.9 cm³/mol. The van der Waals surface area contributed by atoms with Crippen LogP contribution >= 0.6 is 11.3 Å². The van der Waals surface area contributed by atoms with Crippen LogP contribution in [-0.4, -0.2) is 65.9 Å². The zero-order valence-electron chi connectivity index (χ0n) is 13.6. The van der Waals surface area contributed by atoms with Crippen molar-refractivity contribution >= 4 is 22.4 Å². The van der Waals surface area contributed by atoms with Crippen LogP contribution in [0.2, 0.25) is 0 Å². The normalized spacial score (nSPS) is 22.5. The number of nitrogens with two attached hydrogens (primary N) is 1. The Bertz CT molecular complexity index is 524. The first-order valence-corrected chi connectivity index (χ1v) is 9.24. The van der Waals surface area contributed by atoms with Crippen molar-refractivity contribution in [2.75, 3.05) is 37.7 Å². The van der Waals surface area contributed by atoms with E-state index in [-0.39, 0.29) is 18.1 Å². The van der Waals surface area contributed by atoms with Crippen LogP contribution in [0.4, 0.5) is 5.13 Å². The molecule has 1 atom stereocenters. The van der Waals surface area contributed by atoms with Crippen molar-refractivity contribution in [3.05, 3.63) is 5.01 Å². The molecule has 1 unspecified atom stereocenters. The largest absolute Gasteiger partial charge is 0.376 e. The fourth-order valence-corrected chi connectivity index (χ4v) is 3.93. The van der Waals surface area contributed by atoms with Gasteiger partial charge in [-0.25, -0.2) is 0 Å². The Morgan fingerprint density at radius 3 is 2.83 bits per heavy atom. The minimum absolute atomic E-state index is 0.0196. The number of likely N-dealkylation sites (tertiary alicyclic amines) is 1. The van der Waals surface area contributed by atoms with Crippen LogP contribution in [0.3, 0.4) is 0 Å². The average Bonchev–Trinajstić information content (AvgIpc) is 3.24. The summed E-state index contributed by atoms with van der Waals surface area (Å²) in [5, 5.41) is 9.62. The monoisotopic (exact) mass is 339 g/mol. The molecule has 0 radical (unpaired) electrons. The van der Waals surface area contributed by atoms with Gasteiger partial charge in [-0.2, -0.15) is 0 Å². The first-order chi connectivity index (χ1) is 11.2. The third-order valence-electron chi connectivity index (χ3n) is 4.52. The molecule has 0 spiro atoms. The molecule has 128 valence electrons. The maximum absolute atomic E-state index is 12.5. The summed E-state index contributed by atoms with van der Waals surface area (Å²) in [5.41, 5.74) is 5.89. The van der Waals surface area contributed by atoms with Crippen LogP contribution in [0.1, 0.15) is 42.4 Å². The van der Waals surface area contributed by atoms with Gasteiger partial charge in [0.2, 0.25) is 10.1 Å². The van der Waals surface area contributed by atoms with Gasteiger partial charge in [0, 0.05) is 38.8 Å². The van der Waals surface area contributed by atoms with E-state index < -0.39 is 0 Å². The highest BCUT2D eigenvalue weighted by molar-refractivity contribution is 7.17. The molecule has 1 aromatic rings. The van der Waals surface area contributed by atoms with E-state index in [0.717, 1.165) is 50.5 Å². The SMILES string of the molecule is CCN(CC1CCCO1)c1nnc(C(=O)N2CCC(N)CC2)s1. The van der Waals surface area contributed by atoms with Gasteiger partial charge in [-0.05, 0) is 32.6 Å². The number of hydrogen-bond acceptors (Lipinski definition) is 7. The topological polar surface area (TPSA) is 84.6 Å². The van der Waals surface area contributed by atoms with Gasteiger partial charge in [-0.3, -0.25) is 4.79 Å². The molecule has 3 heterocycles. The van der Waals surface area contributed by atoms with E-state index in [1.54, 1.807) is 0 Å². The summed E-state index contributed by atoms with van der Waals surface area (Å²) in [7, 11) is 0. The van der Waals surface area contributed by atoms with Gasteiger partial charge < -0.3 is 20.3 Å². The van der Waals surface area contributed by atoms with E-state index in [0.29, 0.717) is 18.1 Å². The number of aromatic nitrogens is 2. The van der Waals surface area contributed by atoms with Crippen molar-refractivity contribution in [2.45, 2.75) is 44.8 Å². The molecule has 2 fully saturated rings. The Morgan fingerprint density at radius 2 is 2.17 bits per heavy atom. The van der Waals surface area contributed by atoms with Gasteiger partial charge in [-0.15, -0.1) is 10.2 Å². The Hall–Kier alpha value is -1.25. The van der Waals surface area contributed by atoms with Gasteiger partial charge in [0.25, 0.3) is 5.91 Å². The Labute approximate surface area is 140 Å². The maximum Gasteiger partial charge on any atom is 0.284 e. The number of hydrogen-bond donors (Lipinski definition) is 1. The summed E-state index contributed by atoms with van der Waals surface area (Å²) in [6.45, 7) is 6.01. The number of rotatable bonds is 5. The molecule has 3 rings (SSSR count). The van der Waals surface area contributed by atoms with E-state index in [1.807, 2.05) is 4.90 Å². The molecule has 0 aliphatic carbocycles. The molecule has 2 saturated heterocycles. The average molecular weight is 339 g/mol. The molecule has 0 saturated carbocycles. The predicted octanol–water partition coefficient (Wildman–Crippen LogP) is 1.11. The molecular weight excluding hydrogens is 314 g/mol. The molecule has 7 nitrogen and oxygen atoms in total. The van der Waals surface area contributed by atoms with Crippen LogP contribution < -0.4 is 10.6 Å². The summed E-state index contributed by atoms with van der Waals surface area (Å²) in [6.07, 6.45) is 4.20. The minimum atomic E-state index is -0.0196. The second-order valence-corrected chi connectivity index (χ2v) is 7.15. The lowest BCUT2D eigenvalue weighted by atomic mass is 10.1. The third-order valence-corrected chi connectivity index (χ3v) is 5.50. The second kappa shape index (κ2) is 7.55. The van der Waals surface area contributed by atoms with Crippen LogP contribution in [0.25, 0.3) is 0 Å². The van der Waals surface area contributed by atoms with Crippen molar-refractivity contribution in [2.24, 2.45) is 5.73 Å². The number of piperidine rings is 1. The molecule has 0 bridgehead atoms. The Morgan fingerprint density at radius 1 is 1.39 bits per heavy atom. The molecular formula is C15H25N5O2S.